The van der Waals surface area contributed by atoms with E-state index in [4.69, 9.17) is 0 Å². The van der Waals surface area contributed by atoms with Gasteiger partial charge in [-0.3, -0.25) is 4.79 Å². The highest BCUT2D eigenvalue weighted by molar-refractivity contribution is 5.77. The van der Waals surface area contributed by atoms with Crippen LogP contribution in [-0.4, -0.2) is 23.4 Å². The summed E-state index contributed by atoms with van der Waals surface area (Å²) in [5.41, 5.74) is 0.256. The number of carbonyl (C=O) groups excluding carboxylic acids is 1. The first-order valence-corrected chi connectivity index (χ1v) is 7.88. The molecule has 0 bridgehead atoms. The lowest BCUT2D eigenvalue weighted by Crippen LogP contribution is -2.56. The largest absolute Gasteiger partial charge is 0.339 e. The summed E-state index contributed by atoms with van der Waals surface area (Å²) in [4.78, 5) is 14.7. The molecule has 1 fully saturated rings. The van der Waals surface area contributed by atoms with Crippen LogP contribution in [0.1, 0.15) is 74.1 Å². The Morgan fingerprint density at radius 1 is 1.00 bits per heavy atom. The Labute approximate surface area is 119 Å². The van der Waals surface area contributed by atoms with Gasteiger partial charge in [-0.2, -0.15) is 0 Å². The van der Waals surface area contributed by atoms with Crippen LogP contribution in [0.4, 0.5) is 0 Å². The second-order valence-corrected chi connectivity index (χ2v) is 8.14. The monoisotopic (exact) mass is 267 g/mol. The molecule has 0 spiro atoms. The van der Waals surface area contributed by atoms with Gasteiger partial charge in [-0.05, 0) is 29.6 Å². The molecule has 1 heterocycles. The maximum atomic E-state index is 12.5. The van der Waals surface area contributed by atoms with Gasteiger partial charge in [-0.1, -0.05) is 54.9 Å². The van der Waals surface area contributed by atoms with Crippen LogP contribution in [0, 0.1) is 16.7 Å². The number of hydrogen-bond donors (Lipinski definition) is 0. The minimum atomic E-state index is 0.119. The fourth-order valence-electron chi connectivity index (χ4n) is 3.58. The van der Waals surface area contributed by atoms with Crippen LogP contribution in [0.2, 0.25) is 0 Å². The highest BCUT2D eigenvalue weighted by Gasteiger charge is 2.45. The van der Waals surface area contributed by atoms with E-state index in [1.54, 1.807) is 0 Å². The lowest BCUT2D eigenvalue weighted by Gasteiger charge is -2.51. The lowest BCUT2D eigenvalue weighted by molar-refractivity contribution is -0.141. The van der Waals surface area contributed by atoms with Crippen molar-refractivity contribution < 1.29 is 4.79 Å². The van der Waals surface area contributed by atoms with E-state index in [0.29, 0.717) is 17.9 Å². The van der Waals surface area contributed by atoms with Crippen LogP contribution < -0.4 is 0 Å². The zero-order chi connectivity index (χ0) is 14.8. The van der Waals surface area contributed by atoms with E-state index in [2.05, 4.69) is 53.4 Å². The van der Waals surface area contributed by atoms with Crippen LogP contribution in [-0.2, 0) is 4.79 Å². The molecule has 2 heteroatoms. The van der Waals surface area contributed by atoms with Gasteiger partial charge >= 0.3 is 0 Å². The Kier molecular flexibility index (Phi) is 5.08. The normalized spacial score (nSPS) is 20.6. The van der Waals surface area contributed by atoms with Crippen molar-refractivity contribution in [2.45, 2.75) is 80.2 Å². The Morgan fingerprint density at radius 2 is 1.58 bits per heavy atom. The van der Waals surface area contributed by atoms with E-state index in [1.807, 2.05) is 0 Å². The highest BCUT2D eigenvalue weighted by Crippen LogP contribution is 2.43. The number of carbonyl (C=O) groups is 1. The predicted octanol–water partition coefficient (Wildman–Crippen LogP) is 4.49. The second kappa shape index (κ2) is 5.85. The SMILES string of the molecule is CC(C)C(C)(C)C(N1CCCCCC1=O)C(C)(C)C. The molecule has 0 aliphatic carbocycles. The maximum Gasteiger partial charge on any atom is 0.222 e. The smallest absolute Gasteiger partial charge is 0.222 e. The lowest BCUT2D eigenvalue weighted by atomic mass is 9.64. The fourth-order valence-corrected chi connectivity index (χ4v) is 3.58. The Hall–Kier alpha value is -0.530. The summed E-state index contributed by atoms with van der Waals surface area (Å²) < 4.78 is 0. The quantitative estimate of drug-likeness (QED) is 0.738. The van der Waals surface area contributed by atoms with E-state index >= 15 is 0 Å². The van der Waals surface area contributed by atoms with Crippen molar-refractivity contribution in [2.24, 2.45) is 16.7 Å². The minimum absolute atomic E-state index is 0.119. The molecule has 0 aromatic rings. The van der Waals surface area contributed by atoms with E-state index in [1.165, 1.54) is 6.42 Å². The van der Waals surface area contributed by atoms with Gasteiger partial charge in [0.15, 0.2) is 0 Å². The first kappa shape index (κ1) is 16.5. The average Bonchev–Trinajstić information content (AvgIpc) is 2.42. The molecule has 0 saturated carbocycles. The summed E-state index contributed by atoms with van der Waals surface area (Å²) in [7, 11) is 0. The summed E-state index contributed by atoms with van der Waals surface area (Å²) in [6.45, 7) is 17.0. The first-order valence-electron chi connectivity index (χ1n) is 7.88. The number of rotatable bonds is 3. The van der Waals surface area contributed by atoms with Gasteiger partial charge in [0.25, 0.3) is 0 Å². The molecular weight excluding hydrogens is 234 g/mol. The van der Waals surface area contributed by atoms with Gasteiger partial charge in [0.1, 0.15) is 0 Å². The number of nitrogens with zero attached hydrogens (tertiary/aromatic N) is 1. The third-order valence-electron chi connectivity index (χ3n) is 4.93. The fraction of sp³-hybridized carbons (Fsp3) is 0.941. The van der Waals surface area contributed by atoms with Gasteiger partial charge in [-0.25, -0.2) is 0 Å². The number of amides is 1. The van der Waals surface area contributed by atoms with Crippen LogP contribution in [0.25, 0.3) is 0 Å². The molecule has 1 unspecified atom stereocenters. The topological polar surface area (TPSA) is 20.3 Å². The van der Waals surface area contributed by atoms with Crippen molar-refractivity contribution in [3.63, 3.8) is 0 Å². The van der Waals surface area contributed by atoms with Crippen molar-refractivity contribution in [1.82, 2.24) is 4.90 Å². The van der Waals surface area contributed by atoms with Crippen molar-refractivity contribution in [2.75, 3.05) is 6.54 Å². The third-order valence-corrected chi connectivity index (χ3v) is 4.93. The highest BCUT2D eigenvalue weighted by atomic mass is 16.2. The summed E-state index contributed by atoms with van der Waals surface area (Å²) in [6.07, 6.45) is 4.16. The summed E-state index contributed by atoms with van der Waals surface area (Å²) >= 11 is 0. The zero-order valence-corrected chi connectivity index (χ0v) is 14.0. The molecular formula is C17H33NO. The van der Waals surface area contributed by atoms with Crippen LogP contribution in [0.3, 0.4) is 0 Å². The molecule has 112 valence electrons. The van der Waals surface area contributed by atoms with Gasteiger partial charge in [0.2, 0.25) is 5.91 Å². The predicted molar refractivity (Wildman–Crippen MR) is 82.0 cm³/mol. The van der Waals surface area contributed by atoms with Crippen molar-refractivity contribution in [3.8, 4) is 0 Å². The molecule has 0 radical (unpaired) electrons. The van der Waals surface area contributed by atoms with Gasteiger partial charge in [-0.15, -0.1) is 0 Å². The molecule has 0 aromatic heterocycles. The summed E-state index contributed by atoms with van der Waals surface area (Å²) in [5.74, 6) is 0.930. The molecule has 1 aliphatic heterocycles. The number of hydrogen-bond acceptors (Lipinski definition) is 1. The van der Waals surface area contributed by atoms with Crippen LogP contribution >= 0.6 is 0 Å². The molecule has 0 aromatic carbocycles. The number of likely N-dealkylation sites (tertiary alicyclic amines) is 1. The Bertz CT molecular complexity index is 312. The minimum Gasteiger partial charge on any atom is -0.339 e. The standard InChI is InChI=1S/C17H33NO/c1-13(2)17(6,7)15(16(3,4)5)18-12-10-8-9-11-14(18)19/h13,15H,8-12H2,1-7H3. The van der Waals surface area contributed by atoms with E-state index in [9.17, 15) is 4.79 Å². The molecule has 19 heavy (non-hydrogen) atoms. The molecule has 1 atom stereocenters. The maximum absolute atomic E-state index is 12.5. The van der Waals surface area contributed by atoms with Crippen molar-refractivity contribution in [3.05, 3.63) is 0 Å². The molecule has 2 nitrogen and oxygen atoms in total. The molecule has 1 amide bonds. The Morgan fingerprint density at radius 3 is 2.05 bits per heavy atom. The second-order valence-electron chi connectivity index (χ2n) is 8.14. The van der Waals surface area contributed by atoms with Gasteiger partial charge in [0.05, 0.1) is 0 Å². The van der Waals surface area contributed by atoms with Gasteiger partial charge in [0, 0.05) is 19.0 Å². The molecule has 0 N–H and O–H groups in total. The average molecular weight is 267 g/mol. The van der Waals surface area contributed by atoms with Gasteiger partial charge < -0.3 is 4.90 Å². The van der Waals surface area contributed by atoms with E-state index in [0.717, 1.165) is 25.8 Å². The van der Waals surface area contributed by atoms with E-state index in [-0.39, 0.29) is 10.8 Å². The molecule has 1 saturated heterocycles. The van der Waals surface area contributed by atoms with Crippen molar-refractivity contribution >= 4 is 5.91 Å². The Balaban J connectivity index is 3.13. The van der Waals surface area contributed by atoms with Crippen LogP contribution in [0.15, 0.2) is 0 Å². The summed E-state index contributed by atoms with van der Waals surface area (Å²) in [6, 6.07) is 0.311. The van der Waals surface area contributed by atoms with E-state index < -0.39 is 0 Å². The zero-order valence-electron chi connectivity index (χ0n) is 14.0. The molecule has 1 aliphatic rings. The van der Waals surface area contributed by atoms with Crippen LogP contribution in [0.5, 0.6) is 0 Å². The van der Waals surface area contributed by atoms with Crippen molar-refractivity contribution in [1.29, 1.82) is 0 Å². The first-order chi connectivity index (χ1) is 8.58. The molecule has 1 rings (SSSR count). The summed E-state index contributed by atoms with van der Waals surface area (Å²) in [5, 5.41) is 0. The third kappa shape index (κ3) is 3.73.